The summed E-state index contributed by atoms with van der Waals surface area (Å²) in [7, 11) is 0. The Morgan fingerprint density at radius 2 is 2.00 bits per heavy atom. The normalized spacial score (nSPS) is 10.5. The number of benzene rings is 1. The minimum atomic E-state index is -1.01. The van der Waals surface area contributed by atoms with Gasteiger partial charge >= 0.3 is 5.97 Å². The number of carbonyl (C=O) groups is 1. The van der Waals surface area contributed by atoms with Crippen LogP contribution in [0, 0.1) is 0 Å². The van der Waals surface area contributed by atoms with Crippen LogP contribution in [0.3, 0.4) is 0 Å². The third-order valence-corrected chi connectivity index (χ3v) is 2.54. The fourth-order valence-corrected chi connectivity index (χ4v) is 1.63. The van der Waals surface area contributed by atoms with Crippen LogP contribution in [0.5, 0.6) is 0 Å². The maximum atomic E-state index is 10.8. The van der Waals surface area contributed by atoms with Crippen molar-refractivity contribution in [1.82, 2.24) is 30.0 Å². The van der Waals surface area contributed by atoms with Gasteiger partial charge in [0.2, 0.25) is 0 Å². The van der Waals surface area contributed by atoms with Gasteiger partial charge in [-0.05, 0) is 28.6 Å². The summed E-state index contributed by atoms with van der Waals surface area (Å²) in [5, 5.41) is 23.8. The van der Waals surface area contributed by atoms with E-state index in [9.17, 15) is 4.79 Å². The van der Waals surface area contributed by atoms with Crippen LogP contribution in [0.25, 0.3) is 11.4 Å². The molecule has 0 atom stereocenters. The summed E-state index contributed by atoms with van der Waals surface area (Å²) in [6.07, 6.45) is 4.22. The number of aromatic carboxylic acids is 1. The molecule has 2 heterocycles. The lowest BCUT2D eigenvalue weighted by atomic mass is 10.3. The second kappa shape index (κ2) is 4.33. The number of carboxylic acid groups (broad SMARTS) is 1. The summed E-state index contributed by atoms with van der Waals surface area (Å²) in [6.45, 7) is 0. The van der Waals surface area contributed by atoms with E-state index in [0.717, 1.165) is 11.4 Å². The lowest BCUT2D eigenvalue weighted by molar-refractivity contribution is 0.0697. The summed E-state index contributed by atoms with van der Waals surface area (Å²) in [4.78, 5) is 10.8. The highest BCUT2D eigenvalue weighted by Gasteiger charge is 2.08. The first-order valence-electron chi connectivity index (χ1n) is 5.36. The van der Waals surface area contributed by atoms with E-state index in [4.69, 9.17) is 5.11 Å². The van der Waals surface area contributed by atoms with Crippen LogP contribution in [0.2, 0.25) is 0 Å². The summed E-state index contributed by atoms with van der Waals surface area (Å²) in [5.74, 6) is -1.01. The summed E-state index contributed by atoms with van der Waals surface area (Å²) >= 11 is 0. The molecule has 1 N–H and O–H groups in total. The molecule has 0 spiro atoms. The van der Waals surface area contributed by atoms with Crippen LogP contribution in [-0.4, -0.2) is 41.1 Å². The molecule has 3 aromatic rings. The number of hydrogen-bond acceptors (Lipinski definition) is 5. The molecule has 0 unspecified atom stereocenters. The van der Waals surface area contributed by atoms with Gasteiger partial charge in [-0.1, -0.05) is 6.07 Å². The van der Waals surface area contributed by atoms with Gasteiger partial charge in [0.25, 0.3) is 0 Å². The lowest BCUT2D eigenvalue weighted by Gasteiger charge is -2.04. The van der Waals surface area contributed by atoms with E-state index in [0.29, 0.717) is 0 Å². The Bertz CT molecular complexity index is 718. The Balaban J connectivity index is 2.01. The van der Waals surface area contributed by atoms with E-state index in [1.807, 2.05) is 18.2 Å². The second-order valence-electron chi connectivity index (χ2n) is 3.75. The molecule has 8 nitrogen and oxygen atoms in total. The zero-order valence-corrected chi connectivity index (χ0v) is 9.58. The lowest BCUT2D eigenvalue weighted by Crippen LogP contribution is -1.99. The molecule has 19 heavy (non-hydrogen) atoms. The summed E-state index contributed by atoms with van der Waals surface area (Å²) in [5.41, 5.74) is 1.61. The van der Waals surface area contributed by atoms with Crippen LogP contribution in [-0.2, 0) is 0 Å². The zero-order chi connectivity index (χ0) is 13.2. The number of hydrogen-bond donors (Lipinski definition) is 1. The van der Waals surface area contributed by atoms with Crippen LogP contribution >= 0.6 is 0 Å². The average molecular weight is 256 g/mol. The molecule has 0 aliphatic carbocycles. The molecular weight excluding hydrogens is 248 g/mol. The molecule has 0 amide bonds. The number of aromatic nitrogens is 6. The van der Waals surface area contributed by atoms with Crippen molar-refractivity contribution < 1.29 is 9.90 Å². The molecule has 94 valence electrons. The quantitative estimate of drug-likeness (QED) is 0.734. The standard InChI is InChI=1S/C11H8N6O2/c18-11(19)8-5-13-16(6-8)9-2-1-3-10(4-9)17-7-12-14-15-17/h1-7H,(H,18,19). The Morgan fingerprint density at radius 3 is 2.63 bits per heavy atom. The maximum absolute atomic E-state index is 10.8. The highest BCUT2D eigenvalue weighted by atomic mass is 16.4. The number of carboxylic acids is 1. The molecule has 3 rings (SSSR count). The van der Waals surface area contributed by atoms with Crippen molar-refractivity contribution in [2.75, 3.05) is 0 Å². The van der Waals surface area contributed by atoms with Crippen LogP contribution in [0.1, 0.15) is 10.4 Å². The van der Waals surface area contributed by atoms with E-state index >= 15 is 0 Å². The largest absolute Gasteiger partial charge is 0.478 e. The van der Waals surface area contributed by atoms with Crippen molar-refractivity contribution in [3.8, 4) is 11.4 Å². The predicted molar refractivity (Wildman–Crippen MR) is 63.2 cm³/mol. The van der Waals surface area contributed by atoms with Gasteiger partial charge in [-0.15, -0.1) is 5.10 Å². The third kappa shape index (κ3) is 2.06. The number of tetrazole rings is 1. The Labute approximate surface area is 106 Å². The highest BCUT2D eigenvalue weighted by molar-refractivity contribution is 5.86. The van der Waals surface area contributed by atoms with Crippen molar-refractivity contribution in [1.29, 1.82) is 0 Å². The van der Waals surface area contributed by atoms with Gasteiger partial charge in [-0.3, -0.25) is 0 Å². The van der Waals surface area contributed by atoms with Crippen molar-refractivity contribution >= 4 is 5.97 Å². The van der Waals surface area contributed by atoms with Gasteiger partial charge < -0.3 is 5.11 Å². The summed E-state index contributed by atoms with van der Waals surface area (Å²) in [6, 6.07) is 7.26. The van der Waals surface area contributed by atoms with Crippen molar-refractivity contribution in [2.24, 2.45) is 0 Å². The van der Waals surface area contributed by atoms with Crippen LogP contribution in [0.4, 0.5) is 0 Å². The minimum absolute atomic E-state index is 0.132. The molecule has 1 aromatic carbocycles. The predicted octanol–water partition coefficient (Wildman–Crippen LogP) is 0.546. The summed E-state index contributed by atoms with van der Waals surface area (Å²) < 4.78 is 2.99. The molecule has 0 aliphatic rings. The first kappa shape index (κ1) is 11.1. The Morgan fingerprint density at radius 1 is 1.21 bits per heavy atom. The topological polar surface area (TPSA) is 98.7 Å². The zero-order valence-electron chi connectivity index (χ0n) is 9.58. The van der Waals surface area contributed by atoms with Gasteiger partial charge in [0.1, 0.15) is 6.33 Å². The van der Waals surface area contributed by atoms with Gasteiger partial charge in [0, 0.05) is 6.20 Å². The monoisotopic (exact) mass is 256 g/mol. The van der Waals surface area contributed by atoms with Crippen LogP contribution < -0.4 is 0 Å². The van der Waals surface area contributed by atoms with Crippen molar-refractivity contribution in [3.05, 3.63) is 48.5 Å². The van der Waals surface area contributed by atoms with E-state index in [1.165, 1.54) is 28.1 Å². The number of nitrogens with zero attached hydrogens (tertiary/aromatic N) is 6. The highest BCUT2D eigenvalue weighted by Crippen LogP contribution is 2.13. The van der Waals surface area contributed by atoms with Gasteiger partial charge in [0.05, 0.1) is 23.1 Å². The molecule has 0 bridgehead atoms. The Kier molecular flexibility index (Phi) is 2.53. The maximum Gasteiger partial charge on any atom is 0.338 e. The first-order chi connectivity index (χ1) is 9.24. The van der Waals surface area contributed by atoms with E-state index in [-0.39, 0.29) is 5.56 Å². The van der Waals surface area contributed by atoms with Gasteiger partial charge in [-0.2, -0.15) is 5.10 Å². The van der Waals surface area contributed by atoms with E-state index in [2.05, 4.69) is 20.6 Å². The Hall–Kier alpha value is -3.03. The van der Waals surface area contributed by atoms with Crippen molar-refractivity contribution in [3.63, 3.8) is 0 Å². The van der Waals surface area contributed by atoms with Gasteiger partial charge in [0.15, 0.2) is 0 Å². The minimum Gasteiger partial charge on any atom is -0.478 e. The smallest absolute Gasteiger partial charge is 0.338 e. The van der Waals surface area contributed by atoms with E-state index < -0.39 is 5.97 Å². The first-order valence-corrected chi connectivity index (χ1v) is 5.36. The fraction of sp³-hybridized carbons (Fsp3) is 0. The molecule has 2 aromatic heterocycles. The fourth-order valence-electron chi connectivity index (χ4n) is 1.63. The second-order valence-corrected chi connectivity index (χ2v) is 3.75. The molecular formula is C11H8N6O2. The molecule has 0 radical (unpaired) electrons. The SMILES string of the molecule is O=C(O)c1cnn(-c2cccc(-n3cnnn3)c2)c1. The van der Waals surface area contributed by atoms with Crippen LogP contribution in [0.15, 0.2) is 43.0 Å². The van der Waals surface area contributed by atoms with E-state index in [1.54, 1.807) is 6.07 Å². The third-order valence-electron chi connectivity index (χ3n) is 2.54. The number of rotatable bonds is 3. The molecule has 0 fully saturated rings. The molecule has 0 aliphatic heterocycles. The average Bonchev–Trinajstić information content (AvgIpc) is 3.10. The molecule has 8 heteroatoms. The molecule has 0 saturated heterocycles. The van der Waals surface area contributed by atoms with Gasteiger partial charge in [-0.25, -0.2) is 14.2 Å². The van der Waals surface area contributed by atoms with Crippen molar-refractivity contribution in [2.45, 2.75) is 0 Å². The molecule has 0 saturated carbocycles.